The van der Waals surface area contributed by atoms with Crippen LogP contribution >= 0.6 is 46.4 Å². The Labute approximate surface area is 227 Å². The zero-order chi connectivity index (χ0) is 26.0. The van der Waals surface area contributed by atoms with E-state index in [1.807, 2.05) is 6.92 Å². The van der Waals surface area contributed by atoms with Crippen molar-refractivity contribution < 1.29 is 19.0 Å². The number of carbonyl (C=O) groups excluding carboxylic acids is 1. The molecule has 0 aliphatic carbocycles. The molecule has 1 heterocycles. The third-order valence-electron chi connectivity index (χ3n) is 5.37. The summed E-state index contributed by atoms with van der Waals surface area (Å²) >= 11 is 25.4. The lowest BCUT2D eigenvalue weighted by Gasteiger charge is -2.27. The molecule has 0 saturated heterocycles. The predicted molar refractivity (Wildman–Crippen MR) is 139 cm³/mol. The first-order valence-electron chi connectivity index (χ1n) is 10.7. The van der Waals surface area contributed by atoms with E-state index in [9.17, 15) is 10.1 Å². The number of esters is 1. The Balaban J connectivity index is 1.66. The summed E-state index contributed by atoms with van der Waals surface area (Å²) in [6.45, 7) is 2.38. The van der Waals surface area contributed by atoms with Gasteiger partial charge in [-0.1, -0.05) is 65.5 Å². The van der Waals surface area contributed by atoms with E-state index in [-0.39, 0.29) is 38.6 Å². The summed E-state index contributed by atoms with van der Waals surface area (Å²) in [6, 6.07) is 14.7. The van der Waals surface area contributed by atoms with E-state index in [1.54, 1.807) is 30.3 Å². The fraction of sp³-hybridized carbons (Fsp3) is 0.154. The number of carbonyl (C=O) groups is 1. The van der Waals surface area contributed by atoms with E-state index < -0.39 is 11.9 Å². The van der Waals surface area contributed by atoms with E-state index in [4.69, 9.17) is 66.3 Å². The van der Waals surface area contributed by atoms with E-state index in [2.05, 4.69) is 6.07 Å². The highest BCUT2D eigenvalue weighted by atomic mass is 35.5. The van der Waals surface area contributed by atoms with Crippen molar-refractivity contribution in [1.29, 1.82) is 5.26 Å². The highest BCUT2D eigenvalue weighted by Gasteiger charge is 2.33. The Bertz CT molecular complexity index is 1390. The van der Waals surface area contributed by atoms with E-state index in [0.29, 0.717) is 33.5 Å². The predicted octanol–water partition coefficient (Wildman–Crippen LogP) is 7.53. The standard InChI is InChI=1S/C26H18Cl4N2O4/c1-2-8-34-24-19(29)9-13(10-20(24)30)26(33)35-14-6-7-15-21(11-14)36-25(32)16(12-31)22(15)23-17(27)4-3-5-18(23)28/h3-7,9-11,22H,2,8,32H2,1H3. The van der Waals surface area contributed by atoms with Crippen LogP contribution in [0.1, 0.15) is 40.7 Å². The molecule has 0 saturated carbocycles. The molecule has 1 unspecified atom stereocenters. The molecule has 184 valence electrons. The first-order chi connectivity index (χ1) is 17.2. The van der Waals surface area contributed by atoms with Gasteiger partial charge in [-0.25, -0.2) is 4.79 Å². The van der Waals surface area contributed by atoms with Crippen LogP contribution in [0.15, 0.2) is 60.0 Å². The first kappa shape index (κ1) is 26.0. The number of fused-ring (bicyclic) bond motifs is 1. The zero-order valence-electron chi connectivity index (χ0n) is 18.8. The molecule has 10 heteroatoms. The van der Waals surface area contributed by atoms with E-state index in [1.165, 1.54) is 18.2 Å². The normalized spacial score (nSPS) is 14.5. The number of nitrogens with two attached hydrogens (primary N) is 1. The third-order valence-corrected chi connectivity index (χ3v) is 6.59. The maximum Gasteiger partial charge on any atom is 0.343 e. The highest BCUT2D eigenvalue weighted by molar-refractivity contribution is 6.38. The van der Waals surface area contributed by atoms with Crippen LogP contribution in [0.4, 0.5) is 0 Å². The molecule has 0 bridgehead atoms. The second-order valence-electron chi connectivity index (χ2n) is 7.77. The molecule has 1 aliphatic rings. The van der Waals surface area contributed by atoms with Crippen LogP contribution in [0.3, 0.4) is 0 Å². The van der Waals surface area contributed by atoms with Gasteiger partial charge in [0, 0.05) is 27.2 Å². The van der Waals surface area contributed by atoms with Crippen molar-refractivity contribution in [3.8, 4) is 23.3 Å². The maximum absolute atomic E-state index is 12.8. The Morgan fingerprint density at radius 1 is 1.06 bits per heavy atom. The minimum Gasteiger partial charge on any atom is -0.490 e. The highest BCUT2D eigenvalue weighted by Crippen LogP contribution is 2.47. The molecular formula is C26H18Cl4N2O4. The molecule has 1 aliphatic heterocycles. The van der Waals surface area contributed by atoms with Crippen LogP contribution in [0.5, 0.6) is 17.2 Å². The molecule has 6 nitrogen and oxygen atoms in total. The van der Waals surface area contributed by atoms with Crippen LogP contribution in [0.25, 0.3) is 0 Å². The largest absolute Gasteiger partial charge is 0.490 e. The average molecular weight is 564 g/mol. The van der Waals surface area contributed by atoms with Gasteiger partial charge in [0.15, 0.2) is 5.75 Å². The van der Waals surface area contributed by atoms with E-state index >= 15 is 0 Å². The summed E-state index contributed by atoms with van der Waals surface area (Å²) in [5.74, 6) is -0.692. The van der Waals surface area contributed by atoms with Crippen molar-refractivity contribution in [1.82, 2.24) is 0 Å². The lowest BCUT2D eigenvalue weighted by molar-refractivity contribution is 0.0734. The molecule has 2 N–H and O–H groups in total. The summed E-state index contributed by atoms with van der Waals surface area (Å²) < 4.78 is 16.7. The number of rotatable bonds is 6. The van der Waals surface area contributed by atoms with Gasteiger partial charge in [-0.05, 0) is 36.8 Å². The van der Waals surface area contributed by atoms with Gasteiger partial charge in [0.05, 0.1) is 28.1 Å². The Morgan fingerprint density at radius 2 is 1.72 bits per heavy atom. The molecule has 0 radical (unpaired) electrons. The number of ether oxygens (including phenoxy) is 3. The fourth-order valence-corrected chi connectivity index (χ4v) is 4.98. The minimum absolute atomic E-state index is 0.101. The van der Waals surface area contributed by atoms with Crippen molar-refractivity contribution >= 4 is 52.4 Å². The quantitative estimate of drug-likeness (QED) is 0.246. The van der Waals surface area contributed by atoms with Gasteiger partial charge in [0.2, 0.25) is 5.88 Å². The van der Waals surface area contributed by atoms with Crippen LogP contribution in [-0.2, 0) is 0 Å². The number of halogens is 4. The second-order valence-corrected chi connectivity index (χ2v) is 9.40. The molecule has 4 rings (SSSR count). The van der Waals surface area contributed by atoms with Gasteiger partial charge in [-0.15, -0.1) is 0 Å². The maximum atomic E-state index is 12.8. The number of hydrogen-bond acceptors (Lipinski definition) is 6. The lowest BCUT2D eigenvalue weighted by atomic mass is 9.83. The summed E-state index contributed by atoms with van der Waals surface area (Å²) in [5, 5.41) is 10.9. The van der Waals surface area contributed by atoms with Crippen molar-refractivity contribution in [3.63, 3.8) is 0 Å². The van der Waals surface area contributed by atoms with Gasteiger partial charge in [-0.3, -0.25) is 0 Å². The summed E-state index contributed by atoms with van der Waals surface area (Å²) in [4.78, 5) is 12.8. The fourth-order valence-electron chi connectivity index (χ4n) is 3.77. The van der Waals surface area contributed by atoms with E-state index in [0.717, 1.165) is 6.42 Å². The second kappa shape index (κ2) is 10.9. The number of hydrogen-bond donors (Lipinski definition) is 1. The van der Waals surface area contributed by atoms with Gasteiger partial charge in [0.25, 0.3) is 0 Å². The zero-order valence-corrected chi connectivity index (χ0v) is 21.8. The molecule has 0 aromatic heterocycles. The van der Waals surface area contributed by atoms with Crippen LogP contribution in [-0.4, -0.2) is 12.6 Å². The molecular weight excluding hydrogens is 546 g/mol. The molecule has 0 amide bonds. The Morgan fingerprint density at radius 3 is 2.33 bits per heavy atom. The van der Waals surface area contributed by atoms with Crippen molar-refractivity contribution in [2.24, 2.45) is 5.73 Å². The number of benzene rings is 3. The van der Waals surface area contributed by atoms with Gasteiger partial charge in [0.1, 0.15) is 23.1 Å². The number of nitriles is 1. The molecule has 1 atom stereocenters. The van der Waals surface area contributed by atoms with Crippen LogP contribution in [0.2, 0.25) is 20.1 Å². The SMILES string of the molecule is CCCOc1c(Cl)cc(C(=O)Oc2ccc3c(c2)OC(N)=C(C#N)C3c2c(Cl)cccc2Cl)cc1Cl. The third kappa shape index (κ3) is 5.07. The molecule has 0 spiro atoms. The van der Waals surface area contributed by atoms with Gasteiger partial charge in [-0.2, -0.15) is 5.26 Å². The van der Waals surface area contributed by atoms with Crippen LogP contribution in [0, 0.1) is 11.3 Å². The molecule has 3 aromatic rings. The number of nitrogens with zero attached hydrogens (tertiary/aromatic N) is 1. The van der Waals surface area contributed by atoms with Crippen molar-refractivity contribution in [2.75, 3.05) is 6.61 Å². The van der Waals surface area contributed by atoms with Crippen molar-refractivity contribution in [2.45, 2.75) is 19.3 Å². The lowest BCUT2D eigenvalue weighted by Crippen LogP contribution is -2.21. The van der Waals surface area contributed by atoms with Crippen LogP contribution < -0.4 is 19.9 Å². The van der Waals surface area contributed by atoms with Gasteiger partial charge >= 0.3 is 5.97 Å². The monoisotopic (exact) mass is 562 g/mol. The smallest absolute Gasteiger partial charge is 0.343 e. The average Bonchev–Trinajstić information content (AvgIpc) is 2.83. The summed E-state index contributed by atoms with van der Waals surface area (Å²) in [7, 11) is 0. The van der Waals surface area contributed by atoms with Gasteiger partial charge < -0.3 is 19.9 Å². The molecule has 3 aromatic carbocycles. The Hall–Kier alpha value is -3.08. The molecule has 0 fully saturated rings. The van der Waals surface area contributed by atoms with Crippen molar-refractivity contribution in [3.05, 3.63) is 96.8 Å². The summed E-state index contributed by atoms with van der Waals surface area (Å²) in [6.07, 6.45) is 0.774. The Kier molecular flexibility index (Phi) is 7.87. The first-order valence-corrected chi connectivity index (χ1v) is 12.3. The minimum atomic E-state index is -0.691. The molecule has 36 heavy (non-hydrogen) atoms. The number of allylic oxidation sites excluding steroid dienone is 1. The topological polar surface area (TPSA) is 94.6 Å². The summed E-state index contributed by atoms with van der Waals surface area (Å²) in [5.41, 5.74) is 7.46.